The Balaban J connectivity index is 1.77. The van der Waals surface area contributed by atoms with Crippen LogP contribution in [0.25, 0.3) is 0 Å². The predicted octanol–water partition coefficient (Wildman–Crippen LogP) is 1.79. The first-order valence-electron chi connectivity index (χ1n) is 6.90. The molecule has 2 N–H and O–H groups in total. The molecule has 0 bridgehead atoms. The molecule has 3 nitrogen and oxygen atoms in total. The number of nitrogens with one attached hydrogen (secondary N) is 1. The van der Waals surface area contributed by atoms with E-state index in [-0.39, 0.29) is 12.6 Å². The number of aliphatic hydroxyl groups is 1. The van der Waals surface area contributed by atoms with Gasteiger partial charge in [-0.2, -0.15) is 0 Å². The van der Waals surface area contributed by atoms with Gasteiger partial charge in [-0.15, -0.1) is 0 Å². The van der Waals surface area contributed by atoms with Crippen LogP contribution in [0.15, 0.2) is 30.3 Å². The highest BCUT2D eigenvalue weighted by Crippen LogP contribution is 2.18. The molecule has 1 aliphatic rings. The van der Waals surface area contributed by atoms with Gasteiger partial charge in [-0.05, 0) is 45.0 Å². The second-order valence-corrected chi connectivity index (χ2v) is 5.17. The minimum absolute atomic E-state index is 0.0675. The summed E-state index contributed by atoms with van der Waals surface area (Å²) in [5.74, 6) is 0. The van der Waals surface area contributed by atoms with Gasteiger partial charge in [0, 0.05) is 6.04 Å². The molecule has 0 amide bonds. The van der Waals surface area contributed by atoms with Crippen molar-refractivity contribution >= 4 is 0 Å². The lowest BCUT2D eigenvalue weighted by atomic mass is 10.1. The summed E-state index contributed by atoms with van der Waals surface area (Å²) in [4.78, 5) is 2.44. The van der Waals surface area contributed by atoms with Gasteiger partial charge in [-0.1, -0.05) is 30.3 Å². The molecule has 2 atom stereocenters. The number of aliphatic hydroxyl groups excluding tert-OH is 1. The summed E-state index contributed by atoms with van der Waals surface area (Å²) < 4.78 is 0. The van der Waals surface area contributed by atoms with Crippen LogP contribution >= 0.6 is 0 Å². The Morgan fingerprint density at radius 2 is 2.17 bits per heavy atom. The van der Waals surface area contributed by atoms with Gasteiger partial charge in [0.05, 0.1) is 12.6 Å². The fourth-order valence-electron chi connectivity index (χ4n) is 2.74. The molecule has 2 rings (SSSR count). The average Bonchev–Trinajstić information content (AvgIpc) is 2.81. The molecule has 0 saturated carbocycles. The fourth-order valence-corrected chi connectivity index (χ4v) is 2.74. The van der Waals surface area contributed by atoms with E-state index in [9.17, 15) is 5.11 Å². The third kappa shape index (κ3) is 3.55. The molecule has 1 aliphatic heterocycles. The van der Waals surface area contributed by atoms with Gasteiger partial charge in [0.15, 0.2) is 0 Å². The van der Waals surface area contributed by atoms with Crippen LogP contribution in [0, 0.1) is 0 Å². The summed E-state index contributed by atoms with van der Waals surface area (Å²) >= 11 is 0. The highest BCUT2D eigenvalue weighted by atomic mass is 16.3. The lowest BCUT2D eigenvalue weighted by molar-refractivity contribution is 0.236. The number of nitrogens with zero attached hydrogens (tertiary/aromatic N) is 1. The molecule has 1 aromatic carbocycles. The number of hydrogen-bond donors (Lipinski definition) is 2. The highest BCUT2D eigenvalue weighted by Gasteiger charge is 2.20. The molecule has 1 heterocycles. The molecule has 100 valence electrons. The summed E-state index contributed by atoms with van der Waals surface area (Å²) in [7, 11) is 2.21. The van der Waals surface area contributed by atoms with E-state index in [1.165, 1.54) is 31.4 Å². The molecule has 1 fully saturated rings. The Morgan fingerprint density at radius 1 is 1.39 bits per heavy atom. The maximum Gasteiger partial charge on any atom is 0.0626 e. The summed E-state index contributed by atoms with van der Waals surface area (Å²) in [5, 5.41) is 12.9. The molecule has 3 heteroatoms. The van der Waals surface area contributed by atoms with Crippen LogP contribution in [0.2, 0.25) is 0 Å². The summed E-state index contributed by atoms with van der Waals surface area (Å²) in [6.07, 6.45) is 3.80. The van der Waals surface area contributed by atoms with Crippen molar-refractivity contribution in [2.75, 3.05) is 26.7 Å². The van der Waals surface area contributed by atoms with Crippen LogP contribution in [0.1, 0.15) is 30.9 Å². The van der Waals surface area contributed by atoms with E-state index < -0.39 is 0 Å². The molecular weight excluding hydrogens is 224 g/mol. The quantitative estimate of drug-likeness (QED) is 0.806. The normalized spacial score (nSPS) is 22.2. The van der Waals surface area contributed by atoms with Crippen molar-refractivity contribution in [1.29, 1.82) is 0 Å². The van der Waals surface area contributed by atoms with Gasteiger partial charge >= 0.3 is 0 Å². The van der Waals surface area contributed by atoms with Crippen molar-refractivity contribution in [1.82, 2.24) is 10.2 Å². The third-order valence-electron chi connectivity index (χ3n) is 3.92. The zero-order valence-corrected chi connectivity index (χ0v) is 11.2. The molecule has 1 aromatic rings. The first kappa shape index (κ1) is 13.5. The first-order chi connectivity index (χ1) is 8.81. The molecule has 0 aliphatic carbocycles. The zero-order chi connectivity index (χ0) is 12.8. The van der Waals surface area contributed by atoms with Crippen LogP contribution in [-0.4, -0.2) is 42.8 Å². The van der Waals surface area contributed by atoms with Gasteiger partial charge in [-0.25, -0.2) is 0 Å². The topological polar surface area (TPSA) is 35.5 Å². The van der Waals surface area contributed by atoms with E-state index in [1.54, 1.807) is 0 Å². The van der Waals surface area contributed by atoms with Crippen molar-refractivity contribution in [3.05, 3.63) is 35.9 Å². The van der Waals surface area contributed by atoms with Crippen LogP contribution < -0.4 is 5.32 Å². The first-order valence-corrected chi connectivity index (χ1v) is 6.90. The lowest BCUT2D eigenvalue weighted by Gasteiger charge is -2.22. The molecule has 18 heavy (non-hydrogen) atoms. The maximum atomic E-state index is 9.45. The van der Waals surface area contributed by atoms with E-state index in [0.29, 0.717) is 6.04 Å². The smallest absolute Gasteiger partial charge is 0.0626 e. The van der Waals surface area contributed by atoms with Gasteiger partial charge in [0.25, 0.3) is 0 Å². The SMILES string of the molecule is CN1CCC[C@@H]1CCN[C@H](CO)c1ccccc1. The van der Waals surface area contributed by atoms with E-state index in [0.717, 1.165) is 6.54 Å². The van der Waals surface area contributed by atoms with Crippen LogP contribution in [0.3, 0.4) is 0 Å². The number of hydrogen-bond acceptors (Lipinski definition) is 3. The van der Waals surface area contributed by atoms with Crippen molar-refractivity contribution in [2.45, 2.75) is 31.3 Å². The van der Waals surface area contributed by atoms with E-state index in [1.807, 2.05) is 18.2 Å². The molecule has 1 saturated heterocycles. The van der Waals surface area contributed by atoms with E-state index in [2.05, 4.69) is 29.4 Å². The second-order valence-electron chi connectivity index (χ2n) is 5.17. The Morgan fingerprint density at radius 3 is 2.78 bits per heavy atom. The molecular formula is C15H24N2O. The summed E-state index contributed by atoms with van der Waals surface area (Å²) in [5.41, 5.74) is 1.17. The monoisotopic (exact) mass is 248 g/mol. The van der Waals surface area contributed by atoms with Gasteiger partial charge in [-0.3, -0.25) is 0 Å². The van der Waals surface area contributed by atoms with Crippen molar-refractivity contribution in [3.63, 3.8) is 0 Å². The van der Waals surface area contributed by atoms with E-state index >= 15 is 0 Å². The minimum Gasteiger partial charge on any atom is -0.394 e. The van der Waals surface area contributed by atoms with Crippen molar-refractivity contribution in [3.8, 4) is 0 Å². The number of likely N-dealkylation sites (tertiary alicyclic amines) is 1. The Kier molecular flexibility index (Phi) is 5.17. The molecule has 0 unspecified atom stereocenters. The Hall–Kier alpha value is -0.900. The average molecular weight is 248 g/mol. The Bertz CT molecular complexity index is 342. The van der Waals surface area contributed by atoms with Crippen LogP contribution in [0.5, 0.6) is 0 Å². The summed E-state index contributed by atoms with van der Waals surface area (Å²) in [6, 6.07) is 11.0. The Labute approximate surface area is 110 Å². The van der Waals surface area contributed by atoms with E-state index in [4.69, 9.17) is 0 Å². The van der Waals surface area contributed by atoms with Gasteiger partial charge < -0.3 is 15.3 Å². The fraction of sp³-hybridized carbons (Fsp3) is 0.600. The lowest BCUT2D eigenvalue weighted by Crippen LogP contribution is -2.31. The van der Waals surface area contributed by atoms with Crippen molar-refractivity contribution in [2.24, 2.45) is 0 Å². The highest BCUT2D eigenvalue weighted by molar-refractivity contribution is 5.18. The van der Waals surface area contributed by atoms with Crippen LogP contribution in [-0.2, 0) is 0 Å². The number of rotatable bonds is 6. The molecule has 0 spiro atoms. The molecule has 0 radical (unpaired) electrons. The standard InChI is InChI=1S/C15H24N2O/c1-17-11-5-8-14(17)9-10-16-15(12-18)13-6-3-2-4-7-13/h2-4,6-7,14-16,18H,5,8-12H2,1H3/t14-,15-/m1/s1. The largest absolute Gasteiger partial charge is 0.394 e. The van der Waals surface area contributed by atoms with Crippen molar-refractivity contribution < 1.29 is 5.11 Å². The minimum atomic E-state index is 0.0675. The van der Waals surface area contributed by atoms with Crippen LogP contribution in [0.4, 0.5) is 0 Å². The zero-order valence-electron chi connectivity index (χ0n) is 11.2. The van der Waals surface area contributed by atoms with Gasteiger partial charge in [0.2, 0.25) is 0 Å². The van der Waals surface area contributed by atoms with Gasteiger partial charge in [0.1, 0.15) is 0 Å². The third-order valence-corrected chi connectivity index (χ3v) is 3.92. The predicted molar refractivity (Wildman–Crippen MR) is 74.5 cm³/mol. The summed E-state index contributed by atoms with van der Waals surface area (Å²) in [6.45, 7) is 2.35. The second kappa shape index (κ2) is 6.88. The maximum absolute atomic E-state index is 9.45. The number of benzene rings is 1. The molecule has 0 aromatic heterocycles.